The minimum Gasteiger partial charge on any atom is -0.468 e. The first-order valence-electron chi connectivity index (χ1n) is 5.29. The summed E-state index contributed by atoms with van der Waals surface area (Å²) in [6.07, 6.45) is 0. The molecule has 0 amide bonds. The number of carbonyl (C=O) groups excluding carboxylic acids is 1. The monoisotopic (exact) mass is 290 g/mol. The number of nitrogen functional groups attached to an aromatic ring is 1. The van der Waals surface area contributed by atoms with Crippen LogP contribution in [0.3, 0.4) is 0 Å². The van der Waals surface area contributed by atoms with Gasteiger partial charge in [-0.05, 0) is 19.1 Å². The molecule has 0 bridgehead atoms. The molecule has 0 atom stereocenters. The van der Waals surface area contributed by atoms with Gasteiger partial charge in [0.1, 0.15) is 12.4 Å². The Kier molecular flexibility index (Phi) is 4.48. The van der Waals surface area contributed by atoms with Gasteiger partial charge in [0, 0.05) is 18.3 Å². The van der Waals surface area contributed by atoms with E-state index in [-0.39, 0.29) is 16.1 Å². The molecule has 0 aromatic heterocycles. The van der Waals surface area contributed by atoms with Crippen LogP contribution in [-0.2, 0) is 19.6 Å². The highest BCUT2D eigenvalue weighted by Crippen LogP contribution is 2.24. The number of benzene rings is 1. The summed E-state index contributed by atoms with van der Waals surface area (Å²) < 4.78 is 43.1. The summed E-state index contributed by atoms with van der Waals surface area (Å²) >= 11 is 0. The van der Waals surface area contributed by atoms with Gasteiger partial charge in [0.25, 0.3) is 0 Å². The Morgan fingerprint density at radius 2 is 2.05 bits per heavy atom. The summed E-state index contributed by atoms with van der Waals surface area (Å²) in [5, 5.41) is 0. The molecule has 1 aromatic rings. The molecule has 0 heterocycles. The maximum absolute atomic E-state index is 13.5. The summed E-state index contributed by atoms with van der Waals surface area (Å²) in [5.74, 6) is -1.43. The first-order valence-corrected chi connectivity index (χ1v) is 6.73. The zero-order valence-electron chi connectivity index (χ0n) is 10.8. The van der Waals surface area contributed by atoms with Crippen molar-refractivity contribution in [1.82, 2.24) is 4.31 Å². The van der Waals surface area contributed by atoms with Crippen LogP contribution < -0.4 is 5.73 Å². The number of rotatable bonds is 4. The quantitative estimate of drug-likeness (QED) is 0.644. The van der Waals surface area contributed by atoms with Crippen molar-refractivity contribution in [3.05, 3.63) is 23.5 Å². The SMILES string of the molecule is COC(=O)CN(C)S(=O)(=O)c1cc(N)cc(F)c1C. The molecule has 6 nitrogen and oxygen atoms in total. The number of esters is 1. The van der Waals surface area contributed by atoms with Gasteiger partial charge in [-0.15, -0.1) is 0 Å². The maximum Gasteiger partial charge on any atom is 0.321 e. The molecule has 0 unspecified atom stereocenters. The van der Waals surface area contributed by atoms with E-state index in [4.69, 9.17) is 5.73 Å². The topological polar surface area (TPSA) is 89.7 Å². The normalized spacial score (nSPS) is 11.6. The molecule has 0 aliphatic carbocycles. The Bertz CT molecular complexity index is 601. The molecule has 106 valence electrons. The van der Waals surface area contributed by atoms with E-state index in [9.17, 15) is 17.6 Å². The number of likely N-dealkylation sites (N-methyl/N-ethyl adjacent to an activating group) is 1. The molecule has 0 spiro atoms. The van der Waals surface area contributed by atoms with Crippen LogP contribution in [0.2, 0.25) is 0 Å². The second kappa shape index (κ2) is 5.54. The average Bonchev–Trinajstić information content (AvgIpc) is 2.33. The standard InChI is InChI=1S/C11H15FN2O4S/c1-7-9(12)4-8(13)5-10(7)19(16,17)14(2)6-11(15)18-3/h4-5H,6,13H2,1-3H3. The molecule has 0 fully saturated rings. The van der Waals surface area contributed by atoms with Crippen molar-refractivity contribution in [2.45, 2.75) is 11.8 Å². The fourth-order valence-electron chi connectivity index (χ4n) is 1.44. The van der Waals surface area contributed by atoms with Crippen LogP contribution in [0.15, 0.2) is 17.0 Å². The molecule has 19 heavy (non-hydrogen) atoms. The molecule has 8 heteroatoms. The minimum atomic E-state index is -4.01. The van der Waals surface area contributed by atoms with Crippen LogP contribution in [0.4, 0.5) is 10.1 Å². The van der Waals surface area contributed by atoms with Crippen molar-refractivity contribution < 1.29 is 22.3 Å². The fraction of sp³-hybridized carbons (Fsp3) is 0.364. The lowest BCUT2D eigenvalue weighted by Gasteiger charge is -2.17. The van der Waals surface area contributed by atoms with E-state index < -0.39 is 28.4 Å². The van der Waals surface area contributed by atoms with Gasteiger partial charge in [0.05, 0.1) is 12.0 Å². The lowest BCUT2D eigenvalue weighted by molar-refractivity contribution is -0.140. The van der Waals surface area contributed by atoms with Gasteiger partial charge in [-0.1, -0.05) is 0 Å². The lowest BCUT2D eigenvalue weighted by Crippen LogP contribution is -2.33. The molecule has 0 aliphatic rings. The second-order valence-corrected chi connectivity index (χ2v) is 5.98. The first-order chi connectivity index (χ1) is 8.70. The van der Waals surface area contributed by atoms with Gasteiger partial charge in [-0.2, -0.15) is 4.31 Å². The van der Waals surface area contributed by atoms with E-state index in [0.29, 0.717) is 0 Å². The third kappa shape index (κ3) is 3.21. The summed E-state index contributed by atoms with van der Waals surface area (Å²) in [6, 6.07) is 2.19. The van der Waals surface area contributed by atoms with Gasteiger partial charge in [0.2, 0.25) is 10.0 Å². The number of anilines is 1. The average molecular weight is 290 g/mol. The third-order valence-electron chi connectivity index (χ3n) is 2.59. The number of hydrogen-bond acceptors (Lipinski definition) is 5. The Hall–Kier alpha value is -1.67. The van der Waals surface area contributed by atoms with Gasteiger partial charge in [-0.25, -0.2) is 12.8 Å². The smallest absolute Gasteiger partial charge is 0.321 e. The van der Waals surface area contributed by atoms with Crippen molar-refractivity contribution in [1.29, 1.82) is 0 Å². The number of nitrogens with two attached hydrogens (primary N) is 1. The van der Waals surface area contributed by atoms with E-state index in [1.165, 1.54) is 14.0 Å². The maximum atomic E-state index is 13.5. The molecule has 1 aromatic carbocycles. The molecular formula is C11H15FN2O4S. The predicted molar refractivity (Wildman–Crippen MR) is 67.4 cm³/mol. The van der Waals surface area contributed by atoms with E-state index in [2.05, 4.69) is 4.74 Å². The third-order valence-corrected chi connectivity index (χ3v) is 4.52. The molecule has 0 saturated carbocycles. The van der Waals surface area contributed by atoms with Gasteiger partial charge in [0.15, 0.2) is 0 Å². The molecular weight excluding hydrogens is 275 g/mol. The van der Waals surface area contributed by atoms with Gasteiger partial charge in [-0.3, -0.25) is 4.79 Å². The second-order valence-electron chi connectivity index (χ2n) is 3.96. The number of ether oxygens (including phenoxy) is 1. The number of nitrogens with zero attached hydrogens (tertiary/aromatic N) is 1. The molecule has 2 N–H and O–H groups in total. The largest absolute Gasteiger partial charge is 0.468 e. The number of sulfonamides is 1. The fourth-order valence-corrected chi connectivity index (χ4v) is 2.82. The Balaban J connectivity index is 3.24. The van der Waals surface area contributed by atoms with Crippen LogP contribution in [0.5, 0.6) is 0 Å². The molecule has 1 rings (SSSR count). The van der Waals surface area contributed by atoms with Crippen LogP contribution in [0.1, 0.15) is 5.56 Å². The number of methoxy groups -OCH3 is 1. The summed E-state index contributed by atoms with van der Waals surface area (Å²) in [6.45, 7) is 0.863. The number of hydrogen-bond donors (Lipinski definition) is 1. The van der Waals surface area contributed by atoms with Crippen molar-refractivity contribution in [3.8, 4) is 0 Å². The van der Waals surface area contributed by atoms with Crippen molar-refractivity contribution in [3.63, 3.8) is 0 Å². The summed E-state index contributed by atoms with van der Waals surface area (Å²) in [7, 11) is -1.66. The highest BCUT2D eigenvalue weighted by molar-refractivity contribution is 7.89. The Morgan fingerprint density at radius 3 is 2.58 bits per heavy atom. The Morgan fingerprint density at radius 1 is 1.47 bits per heavy atom. The highest BCUT2D eigenvalue weighted by Gasteiger charge is 2.26. The van der Waals surface area contributed by atoms with Crippen LogP contribution in [-0.4, -0.2) is 39.4 Å². The van der Waals surface area contributed by atoms with Crippen molar-refractivity contribution in [2.75, 3.05) is 26.4 Å². The van der Waals surface area contributed by atoms with E-state index >= 15 is 0 Å². The Labute approximate surface area is 111 Å². The van der Waals surface area contributed by atoms with Crippen molar-refractivity contribution in [2.24, 2.45) is 0 Å². The van der Waals surface area contributed by atoms with Gasteiger partial charge < -0.3 is 10.5 Å². The number of carbonyl (C=O) groups is 1. The number of halogens is 1. The zero-order chi connectivity index (χ0) is 14.8. The van der Waals surface area contributed by atoms with E-state index in [1.54, 1.807) is 0 Å². The van der Waals surface area contributed by atoms with E-state index in [0.717, 1.165) is 23.5 Å². The highest BCUT2D eigenvalue weighted by atomic mass is 32.2. The molecule has 0 saturated heterocycles. The van der Waals surface area contributed by atoms with Crippen LogP contribution >= 0.6 is 0 Å². The van der Waals surface area contributed by atoms with E-state index in [1.807, 2.05) is 0 Å². The minimum absolute atomic E-state index is 0.00635. The molecule has 0 aliphatic heterocycles. The summed E-state index contributed by atoms with van der Waals surface area (Å²) in [5.41, 5.74) is 5.38. The summed E-state index contributed by atoms with van der Waals surface area (Å²) in [4.78, 5) is 10.8. The lowest BCUT2D eigenvalue weighted by atomic mass is 10.2. The zero-order valence-corrected chi connectivity index (χ0v) is 11.6. The van der Waals surface area contributed by atoms with Crippen LogP contribution in [0.25, 0.3) is 0 Å². The predicted octanol–water partition coefficient (Wildman–Crippen LogP) is 0.510. The van der Waals surface area contributed by atoms with Gasteiger partial charge >= 0.3 is 5.97 Å². The first kappa shape index (κ1) is 15.4. The molecule has 0 radical (unpaired) electrons. The van der Waals surface area contributed by atoms with Crippen LogP contribution in [0, 0.1) is 12.7 Å². The van der Waals surface area contributed by atoms with Crippen molar-refractivity contribution >= 4 is 21.7 Å².